The summed E-state index contributed by atoms with van der Waals surface area (Å²) < 4.78 is 0. The zero-order valence-corrected chi connectivity index (χ0v) is 7.88. The van der Waals surface area contributed by atoms with E-state index < -0.39 is 0 Å². The predicted molar refractivity (Wildman–Crippen MR) is 48.8 cm³/mol. The van der Waals surface area contributed by atoms with E-state index in [1.807, 2.05) is 6.92 Å². The third kappa shape index (κ3) is 1.41. The summed E-state index contributed by atoms with van der Waals surface area (Å²) in [7, 11) is 0. The van der Waals surface area contributed by atoms with Gasteiger partial charge in [-0.2, -0.15) is 0 Å². The molecule has 0 aromatic rings. The summed E-state index contributed by atoms with van der Waals surface area (Å²) in [5.41, 5.74) is 0.816. The van der Waals surface area contributed by atoms with Crippen molar-refractivity contribution >= 4 is 0 Å². The molecule has 2 unspecified atom stereocenters. The molecule has 0 saturated carbocycles. The second-order valence-electron chi connectivity index (χ2n) is 3.94. The highest BCUT2D eigenvalue weighted by molar-refractivity contribution is 5.18. The maximum atomic E-state index is 9.27. The smallest absolute Gasteiger partial charge is 0.0648 e. The van der Waals surface area contributed by atoms with Crippen LogP contribution < -0.4 is 0 Å². The fourth-order valence-electron chi connectivity index (χ4n) is 1.88. The Morgan fingerprint density at radius 2 is 2.25 bits per heavy atom. The van der Waals surface area contributed by atoms with Crippen molar-refractivity contribution in [2.45, 2.75) is 26.7 Å². The summed E-state index contributed by atoms with van der Waals surface area (Å²) >= 11 is 0. The SMILES string of the molecule is CC1CCC=C(CO)C1(C)CO. The average Bonchev–Trinajstić information content (AvgIpc) is 2.10. The molecule has 12 heavy (non-hydrogen) atoms. The average molecular weight is 170 g/mol. The lowest BCUT2D eigenvalue weighted by Gasteiger charge is -2.39. The van der Waals surface area contributed by atoms with Crippen LogP contribution in [0.3, 0.4) is 0 Å². The number of hydrogen-bond donors (Lipinski definition) is 2. The molecule has 0 aromatic heterocycles. The van der Waals surface area contributed by atoms with Crippen LogP contribution in [-0.4, -0.2) is 23.4 Å². The molecular formula is C10H18O2. The molecule has 0 saturated heterocycles. The second kappa shape index (κ2) is 3.58. The molecule has 2 nitrogen and oxygen atoms in total. The van der Waals surface area contributed by atoms with Crippen LogP contribution in [0.15, 0.2) is 11.6 Å². The van der Waals surface area contributed by atoms with Crippen LogP contribution in [0.4, 0.5) is 0 Å². The number of allylic oxidation sites excluding steroid dienone is 1. The van der Waals surface area contributed by atoms with Crippen molar-refractivity contribution < 1.29 is 10.2 Å². The van der Waals surface area contributed by atoms with Crippen molar-refractivity contribution in [1.29, 1.82) is 0 Å². The van der Waals surface area contributed by atoms with Gasteiger partial charge in [-0.25, -0.2) is 0 Å². The highest BCUT2D eigenvalue weighted by atomic mass is 16.3. The van der Waals surface area contributed by atoms with Gasteiger partial charge in [0.1, 0.15) is 0 Å². The van der Waals surface area contributed by atoms with E-state index in [0.29, 0.717) is 5.92 Å². The van der Waals surface area contributed by atoms with Crippen LogP contribution in [0.25, 0.3) is 0 Å². The topological polar surface area (TPSA) is 40.5 Å². The molecular weight excluding hydrogens is 152 g/mol. The van der Waals surface area contributed by atoms with Gasteiger partial charge in [0.15, 0.2) is 0 Å². The molecule has 2 heteroatoms. The van der Waals surface area contributed by atoms with E-state index in [1.165, 1.54) is 0 Å². The largest absolute Gasteiger partial charge is 0.395 e. The number of rotatable bonds is 2. The fraction of sp³-hybridized carbons (Fsp3) is 0.800. The fourth-order valence-corrected chi connectivity index (χ4v) is 1.88. The Balaban J connectivity index is 2.89. The minimum atomic E-state index is -0.188. The maximum absolute atomic E-state index is 9.27. The van der Waals surface area contributed by atoms with E-state index >= 15 is 0 Å². The van der Waals surface area contributed by atoms with Crippen LogP contribution in [0.2, 0.25) is 0 Å². The molecule has 1 rings (SSSR count). The molecule has 0 radical (unpaired) electrons. The summed E-state index contributed by atoms with van der Waals surface area (Å²) in [6.45, 7) is 4.39. The van der Waals surface area contributed by atoms with E-state index in [9.17, 15) is 5.11 Å². The Kier molecular flexibility index (Phi) is 2.91. The van der Waals surface area contributed by atoms with Crippen molar-refractivity contribution in [3.63, 3.8) is 0 Å². The van der Waals surface area contributed by atoms with E-state index in [-0.39, 0.29) is 18.6 Å². The minimum absolute atomic E-state index is 0.0847. The molecule has 2 atom stereocenters. The van der Waals surface area contributed by atoms with Gasteiger partial charge in [-0.3, -0.25) is 0 Å². The van der Waals surface area contributed by atoms with Gasteiger partial charge >= 0.3 is 0 Å². The lowest BCUT2D eigenvalue weighted by Crippen LogP contribution is -2.35. The zero-order chi connectivity index (χ0) is 9.19. The third-order valence-corrected chi connectivity index (χ3v) is 3.31. The highest BCUT2D eigenvalue weighted by Gasteiger charge is 2.35. The molecule has 0 aromatic carbocycles. The van der Waals surface area contributed by atoms with Crippen LogP contribution in [0.5, 0.6) is 0 Å². The third-order valence-electron chi connectivity index (χ3n) is 3.31. The van der Waals surface area contributed by atoms with E-state index in [0.717, 1.165) is 18.4 Å². The number of hydrogen-bond acceptors (Lipinski definition) is 2. The van der Waals surface area contributed by atoms with Crippen molar-refractivity contribution in [2.75, 3.05) is 13.2 Å². The summed E-state index contributed by atoms with van der Waals surface area (Å²) in [5.74, 6) is 0.467. The van der Waals surface area contributed by atoms with Gasteiger partial charge in [0.2, 0.25) is 0 Å². The van der Waals surface area contributed by atoms with Gasteiger partial charge in [-0.05, 0) is 24.3 Å². The Labute approximate surface area is 73.9 Å². The van der Waals surface area contributed by atoms with Crippen LogP contribution in [0, 0.1) is 11.3 Å². The quantitative estimate of drug-likeness (QED) is 0.614. The summed E-state index contributed by atoms with van der Waals surface area (Å²) in [5, 5.41) is 18.4. The van der Waals surface area contributed by atoms with Crippen molar-refractivity contribution in [2.24, 2.45) is 11.3 Å². The number of aliphatic hydroxyl groups is 2. The first-order valence-corrected chi connectivity index (χ1v) is 4.56. The summed E-state index contributed by atoms with van der Waals surface area (Å²) in [6.07, 6.45) is 4.21. The van der Waals surface area contributed by atoms with Crippen molar-refractivity contribution in [3.8, 4) is 0 Å². The van der Waals surface area contributed by atoms with Gasteiger partial charge in [-0.1, -0.05) is 19.9 Å². The Hall–Kier alpha value is -0.340. The monoisotopic (exact) mass is 170 g/mol. The van der Waals surface area contributed by atoms with Crippen molar-refractivity contribution in [1.82, 2.24) is 0 Å². The Morgan fingerprint density at radius 1 is 1.58 bits per heavy atom. The molecule has 1 aliphatic rings. The molecule has 0 amide bonds. The van der Waals surface area contributed by atoms with Gasteiger partial charge in [-0.15, -0.1) is 0 Å². The zero-order valence-electron chi connectivity index (χ0n) is 7.88. The number of aliphatic hydroxyl groups excluding tert-OH is 2. The lowest BCUT2D eigenvalue weighted by molar-refractivity contribution is 0.0957. The summed E-state index contributed by atoms with van der Waals surface area (Å²) in [4.78, 5) is 0. The van der Waals surface area contributed by atoms with Gasteiger partial charge in [0.05, 0.1) is 13.2 Å². The minimum Gasteiger partial charge on any atom is -0.395 e. The van der Waals surface area contributed by atoms with Crippen LogP contribution >= 0.6 is 0 Å². The predicted octanol–water partition coefficient (Wildman–Crippen LogP) is 1.33. The molecule has 0 fully saturated rings. The second-order valence-corrected chi connectivity index (χ2v) is 3.94. The molecule has 70 valence electrons. The van der Waals surface area contributed by atoms with Gasteiger partial charge in [0, 0.05) is 5.41 Å². The molecule has 1 aliphatic carbocycles. The Bertz CT molecular complexity index is 186. The lowest BCUT2D eigenvalue weighted by atomic mass is 9.68. The van der Waals surface area contributed by atoms with Crippen LogP contribution in [-0.2, 0) is 0 Å². The molecule has 2 N–H and O–H groups in total. The maximum Gasteiger partial charge on any atom is 0.0648 e. The first-order chi connectivity index (χ1) is 5.65. The molecule has 0 bridgehead atoms. The van der Waals surface area contributed by atoms with Gasteiger partial charge < -0.3 is 10.2 Å². The van der Waals surface area contributed by atoms with Crippen molar-refractivity contribution in [3.05, 3.63) is 11.6 Å². The van der Waals surface area contributed by atoms with Crippen LogP contribution in [0.1, 0.15) is 26.7 Å². The molecule has 0 heterocycles. The standard InChI is InChI=1S/C10H18O2/c1-8-4-3-5-9(6-11)10(8,2)7-12/h5,8,11-12H,3-4,6-7H2,1-2H3. The highest BCUT2D eigenvalue weighted by Crippen LogP contribution is 2.40. The van der Waals surface area contributed by atoms with E-state index in [1.54, 1.807) is 0 Å². The Morgan fingerprint density at radius 3 is 2.67 bits per heavy atom. The van der Waals surface area contributed by atoms with Gasteiger partial charge in [0.25, 0.3) is 0 Å². The molecule has 0 spiro atoms. The van der Waals surface area contributed by atoms with E-state index in [2.05, 4.69) is 13.0 Å². The van der Waals surface area contributed by atoms with E-state index in [4.69, 9.17) is 5.11 Å². The first-order valence-electron chi connectivity index (χ1n) is 4.56. The normalized spacial score (nSPS) is 36.3. The summed E-state index contributed by atoms with van der Waals surface area (Å²) in [6, 6.07) is 0. The molecule has 0 aliphatic heterocycles. The first kappa shape index (κ1) is 9.75.